The number of nitrogens with zero attached hydrogens (tertiary/aromatic N) is 3. The summed E-state index contributed by atoms with van der Waals surface area (Å²) in [6.07, 6.45) is 0. The maximum Gasteiger partial charge on any atom is 0.130 e. The molecule has 0 amide bonds. The molecular weight excluding hydrogens is 294 g/mol. The third-order valence-corrected chi connectivity index (χ3v) is 4.20. The van der Waals surface area contributed by atoms with E-state index in [-0.39, 0.29) is 0 Å². The fourth-order valence-corrected chi connectivity index (χ4v) is 2.98. The topological polar surface area (TPSA) is 19.4 Å². The van der Waals surface area contributed by atoms with Gasteiger partial charge >= 0.3 is 0 Å². The molecule has 1 aliphatic heterocycles. The van der Waals surface area contributed by atoms with E-state index in [9.17, 15) is 0 Å². The number of pyridine rings is 1. The number of aromatic nitrogens is 1. The Morgan fingerprint density at radius 1 is 1.09 bits per heavy atom. The van der Waals surface area contributed by atoms with Gasteiger partial charge in [0.1, 0.15) is 5.15 Å². The van der Waals surface area contributed by atoms with E-state index in [1.54, 1.807) is 0 Å². The van der Waals surface area contributed by atoms with Crippen LogP contribution in [0.5, 0.6) is 0 Å². The number of rotatable bonds is 2. The van der Waals surface area contributed by atoms with Crippen LogP contribution in [0.4, 0.5) is 0 Å². The van der Waals surface area contributed by atoms with E-state index in [1.165, 1.54) is 16.5 Å². The molecule has 2 heterocycles. The summed E-state index contributed by atoms with van der Waals surface area (Å²) in [5.41, 5.74) is 3.50. The Labute approximate surface area is 138 Å². The molecule has 1 fully saturated rings. The van der Waals surface area contributed by atoms with Crippen molar-refractivity contribution < 1.29 is 0 Å². The lowest BCUT2D eigenvalue weighted by Gasteiger charge is -2.32. The van der Waals surface area contributed by atoms with Gasteiger partial charge in [0.05, 0.1) is 5.52 Å². The first-order chi connectivity index (χ1) is 10.6. The van der Waals surface area contributed by atoms with Gasteiger partial charge in [-0.1, -0.05) is 37.6 Å². The second kappa shape index (κ2) is 7.91. The SMILES string of the molecule is CC.Cc1ccc2c(CN3CCN(C)CC3)cc(Cl)nc2c1. The highest BCUT2D eigenvalue weighted by Crippen LogP contribution is 2.23. The molecule has 0 aliphatic carbocycles. The van der Waals surface area contributed by atoms with Gasteiger partial charge in [0.2, 0.25) is 0 Å². The van der Waals surface area contributed by atoms with Crippen molar-refractivity contribution >= 4 is 22.5 Å². The zero-order valence-electron chi connectivity index (χ0n) is 14.1. The van der Waals surface area contributed by atoms with Crippen LogP contribution < -0.4 is 0 Å². The predicted octanol–water partition coefficient (Wildman–Crippen LogP) is 3.97. The highest BCUT2D eigenvalue weighted by molar-refractivity contribution is 6.29. The molecule has 0 saturated carbocycles. The van der Waals surface area contributed by atoms with Gasteiger partial charge in [0.15, 0.2) is 0 Å². The van der Waals surface area contributed by atoms with Gasteiger partial charge in [-0.25, -0.2) is 4.98 Å². The minimum Gasteiger partial charge on any atom is -0.304 e. The van der Waals surface area contributed by atoms with Gasteiger partial charge in [-0.2, -0.15) is 0 Å². The van der Waals surface area contributed by atoms with Crippen molar-refractivity contribution in [3.05, 3.63) is 40.5 Å². The monoisotopic (exact) mass is 319 g/mol. The highest BCUT2D eigenvalue weighted by atomic mass is 35.5. The molecule has 0 radical (unpaired) electrons. The summed E-state index contributed by atoms with van der Waals surface area (Å²) in [4.78, 5) is 9.30. The van der Waals surface area contributed by atoms with Crippen LogP contribution in [0.2, 0.25) is 5.15 Å². The molecule has 0 bridgehead atoms. The van der Waals surface area contributed by atoms with Crippen LogP contribution in [0.1, 0.15) is 25.0 Å². The van der Waals surface area contributed by atoms with Crippen molar-refractivity contribution in [2.24, 2.45) is 0 Å². The van der Waals surface area contributed by atoms with E-state index in [1.807, 2.05) is 19.9 Å². The van der Waals surface area contributed by atoms with Crippen LogP contribution >= 0.6 is 11.6 Å². The van der Waals surface area contributed by atoms with E-state index >= 15 is 0 Å². The van der Waals surface area contributed by atoms with Gasteiger partial charge in [-0.05, 0) is 37.2 Å². The molecular formula is C18H26ClN3. The summed E-state index contributed by atoms with van der Waals surface area (Å²) in [5.74, 6) is 0. The Morgan fingerprint density at radius 3 is 2.45 bits per heavy atom. The summed E-state index contributed by atoms with van der Waals surface area (Å²) in [6.45, 7) is 11.5. The fraction of sp³-hybridized carbons (Fsp3) is 0.500. The number of fused-ring (bicyclic) bond motifs is 1. The first kappa shape index (κ1) is 17.2. The summed E-state index contributed by atoms with van der Waals surface area (Å²) in [7, 11) is 2.18. The number of aryl methyl sites for hydroxylation is 1. The molecule has 120 valence electrons. The summed E-state index contributed by atoms with van der Waals surface area (Å²) >= 11 is 6.18. The number of piperazine rings is 1. The van der Waals surface area contributed by atoms with Crippen LogP contribution in [0.15, 0.2) is 24.3 Å². The largest absolute Gasteiger partial charge is 0.304 e. The lowest BCUT2D eigenvalue weighted by atomic mass is 10.1. The molecule has 1 aromatic heterocycles. The first-order valence-corrected chi connectivity index (χ1v) is 8.46. The van der Waals surface area contributed by atoms with E-state index in [0.717, 1.165) is 38.2 Å². The Kier molecular flexibility index (Phi) is 6.18. The van der Waals surface area contributed by atoms with Crippen LogP contribution in [-0.2, 0) is 6.54 Å². The molecule has 1 saturated heterocycles. The van der Waals surface area contributed by atoms with Gasteiger partial charge in [0, 0.05) is 38.1 Å². The normalized spacial score (nSPS) is 16.4. The highest BCUT2D eigenvalue weighted by Gasteiger charge is 2.15. The summed E-state index contributed by atoms with van der Waals surface area (Å²) in [5, 5.41) is 1.81. The van der Waals surface area contributed by atoms with Gasteiger partial charge in [-0.15, -0.1) is 0 Å². The minimum atomic E-state index is 0.590. The van der Waals surface area contributed by atoms with E-state index in [0.29, 0.717) is 5.15 Å². The smallest absolute Gasteiger partial charge is 0.130 e. The zero-order valence-corrected chi connectivity index (χ0v) is 14.8. The molecule has 1 aromatic carbocycles. The third kappa shape index (κ3) is 4.19. The van der Waals surface area contributed by atoms with Crippen molar-refractivity contribution in [2.45, 2.75) is 27.3 Å². The number of hydrogen-bond acceptors (Lipinski definition) is 3. The average molecular weight is 320 g/mol. The minimum absolute atomic E-state index is 0.590. The average Bonchev–Trinajstić information content (AvgIpc) is 2.51. The van der Waals surface area contributed by atoms with Gasteiger partial charge < -0.3 is 4.90 Å². The van der Waals surface area contributed by atoms with Crippen molar-refractivity contribution in [1.29, 1.82) is 0 Å². The molecule has 0 atom stereocenters. The Hall–Kier alpha value is -1.16. The van der Waals surface area contributed by atoms with Crippen LogP contribution in [0, 0.1) is 6.92 Å². The van der Waals surface area contributed by atoms with Crippen molar-refractivity contribution in [2.75, 3.05) is 33.2 Å². The van der Waals surface area contributed by atoms with E-state index in [4.69, 9.17) is 11.6 Å². The molecule has 0 spiro atoms. The quantitative estimate of drug-likeness (QED) is 0.781. The summed E-state index contributed by atoms with van der Waals surface area (Å²) in [6, 6.07) is 8.43. The Bertz CT molecular complexity index is 614. The lowest BCUT2D eigenvalue weighted by Crippen LogP contribution is -2.43. The van der Waals surface area contributed by atoms with Gasteiger partial charge in [-0.3, -0.25) is 4.90 Å². The molecule has 2 aromatic rings. The van der Waals surface area contributed by atoms with E-state index < -0.39 is 0 Å². The standard InChI is InChI=1S/C16H20ClN3.C2H6/c1-12-3-4-14-13(10-16(17)18-15(14)9-12)11-20-7-5-19(2)6-8-20;1-2/h3-4,9-10H,5-8,11H2,1-2H3;1-2H3. The Balaban J connectivity index is 0.000000847. The van der Waals surface area contributed by atoms with Gasteiger partial charge in [0.25, 0.3) is 0 Å². The molecule has 1 aliphatic rings. The Morgan fingerprint density at radius 2 is 1.77 bits per heavy atom. The van der Waals surface area contributed by atoms with Crippen LogP contribution in [0.3, 0.4) is 0 Å². The fourth-order valence-electron chi connectivity index (χ4n) is 2.75. The lowest BCUT2D eigenvalue weighted by molar-refractivity contribution is 0.148. The van der Waals surface area contributed by atoms with Crippen molar-refractivity contribution in [1.82, 2.24) is 14.8 Å². The van der Waals surface area contributed by atoms with Crippen LogP contribution in [0.25, 0.3) is 10.9 Å². The van der Waals surface area contributed by atoms with Crippen LogP contribution in [-0.4, -0.2) is 48.0 Å². The molecule has 3 rings (SSSR count). The first-order valence-electron chi connectivity index (χ1n) is 8.08. The van der Waals surface area contributed by atoms with Crippen molar-refractivity contribution in [3.8, 4) is 0 Å². The number of halogens is 1. The maximum absolute atomic E-state index is 6.18. The predicted molar refractivity (Wildman–Crippen MR) is 95.6 cm³/mol. The molecule has 22 heavy (non-hydrogen) atoms. The number of benzene rings is 1. The second-order valence-corrected chi connectivity index (χ2v) is 6.09. The summed E-state index contributed by atoms with van der Waals surface area (Å²) < 4.78 is 0. The second-order valence-electron chi connectivity index (χ2n) is 5.70. The zero-order chi connectivity index (χ0) is 16.1. The molecule has 4 heteroatoms. The van der Waals surface area contributed by atoms with Crippen molar-refractivity contribution in [3.63, 3.8) is 0 Å². The third-order valence-electron chi connectivity index (χ3n) is 4.01. The molecule has 3 nitrogen and oxygen atoms in total. The number of hydrogen-bond donors (Lipinski definition) is 0. The maximum atomic E-state index is 6.18. The number of likely N-dealkylation sites (N-methyl/N-ethyl adjacent to an activating group) is 1. The molecule has 0 N–H and O–H groups in total. The molecule has 0 unspecified atom stereocenters. The van der Waals surface area contributed by atoms with E-state index in [2.05, 4.69) is 47.0 Å².